The molecule has 0 saturated carbocycles. The summed E-state index contributed by atoms with van der Waals surface area (Å²) in [6, 6.07) is 10.3. The van der Waals surface area contributed by atoms with Crippen molar-refractivity contribution in [3.63, 3.8) is 0 Å². The molecule has 1 aromatic heterocycles. The molecule has 2 rings (SSSR count). The van der Waals surface area contributed by atoms with Gasteiger partial charge in [0.15, 0.2) is 0 Å². The fourth-order valence-corrected chi connectivity index (χ4v) is 2.34. The van der Waals surface area contributed by atoms with Gasteiger partial charge in [-0.25, -0.2) is 9.37 Å². The number of hydrogen-bond acceptors (Lipinski definition) is 3. The van der Waals surface area contributed by atoms with Gasteiger partial charge in [0.1, 0.15) is 11.6 Å². The molecule has 1 N–H and O–H groups in total. The molecule has 1 amide bonds. The molecular formula is C18H22FN3O. The Kier molecular flexibility index (Phi) is 6.09. The zero-order valence-corrected chi connectivity index (χ0v) is 13.6. The van der Waals surface area contributed by atoms with Gasteiger partial charge in [-0.1, -0.05) is 18.2 Å². The quantitative estimate of drug-likeness (QED) is 0.852. The van der Waals surface area contributed by atoms with Crippen LogP contribution in [0.25, 0.3) is 0 Å². The van der Waals surface area contributed by atoms with Crippen LogP contribution in [0.3, 0.4) is 0 Å². The van der Waals surface area contributed by atoms with Gasteiger partial charge in [-0.3, -0.25) is 4.79 Å². The van der Waals surface area contributed by atoms with Crippen molar-refractivity contribution < 1.29 is 9.18 Å². The molecule has 1 heterocycles. The third kappa shape index (κ3) is 4.52. The van der Waals surface area contributed by atoms with Crippen molar-refractivity contribution in [1.29, 1.82) is 0 Å². The van der Waals surface area contributed by atoms with E-state index in [1.807, 2.05) is 19.9 Å². The van der Waals surface area contributed by atoms with Crippen LogP contribution in [-0.4, -0.2) is 35.4 Å². The molecule has 5 heteroatoms. The maximum atomic E-state index is 13.5. The van der Waals surface area contributed by atoms with Gasteiger partial charge in [0.25, 0.3) is 5.91 Å². The molecule has 0 aliphatic carbocycles. The van der Waals surface area contributed by atoms with E-state index in [1.165, 1.54) is 6.07 Å². The molecule has 23 heavy (non-hydrogen) atoms. The van der Waals surface area contributed by atoms with Crippen molar-refractivity contribution in [2.24, 2.45) is 0 Å². The fraction of sp³-hybridized carbons (Fsp3) is 0.333. The van der Waals surface area contributed by atoms with Crippen molar-refractivity contribution >= 4 is 11.7 Å². The van der Waals surface area contributed by atoms with Crippen molar-refractivity contribution in [1.82, 2.24) is 9.88 Å². The standard InChI is InChI=1S/C18H22FN3O/c1-3-22(4-2)18(23)15-9-10-17(21-13-15)20-12-11-14-7-5-6-8-16(14)19/h5-10,13H,3-4,11-12H2,1-2H3,(H,20,21). The highest BCUT2D eigenvalue weighted by Gasteiger charge is 2.12. The van der Waals surface area contributed by atoms with Crippen LogP contribution in [0.4, 0.5) is 10.2 Å². The minimum Gasteiger partial charge on any atom is -0.370 e. The molecule has 0 atom stereocenters. The molecule has 1 aromatic carbocycles. The molecule has 4 nitrogen and oxygen atoms in total. The van der Waals surface area contributed by atoms with Gasteiger partial charge >= 0.3 is 0 Å². The Balaban J connectivity index is 1.90. The molecule has 0 saturated heterocycles. The number of anilines is 1. The lowest BCUT2D eigenvalue weighted by atomic mass is 10.1. The van der Waals surface area contributed by atoms with E-state index in [0.29, 0.717) is 43.0 Å². The molecule has 0 unspecified atom stereocenters. The van der Waals surface area contributed by atoms with Crippen molar-refractivity contribution in [2.75, 3.05) is 25.0 Å². The zero-order chi connectivity index (χ0) is 16.7. The predicted molar refractivity (Wildman–Crippen MR) is 90.1 cm³/mol. The largest absolute Gasteiger partial charge is 0.370 e. The van der Waals surface area contributed by atoms with E-state index in [1.54, 1.807) is 35.4 Å². The number of hydrogen-bond donors (Lipinski definition) is 1. The van der Waals surface area contributed by atoms with Crippen LogP contribution in [0.15, 0.2) is 42.6 Å². The summed E-state index contributed by atoms with van der Waals surface area (Å²) in [6.07, 6.45) is 2.15. The summed E-state index contributed by atoms with van der Waals surface area (Å²) in [5.41, 5.74) is 1.25. The van der Waals surface area contributed by atoms with Crippen molar-refractivity contribution in [3.05, 3.63) is 59.5 Å². The summed E-state index contributed by atoms with van der Waals surface area (Å²) in [5, 5.41) is 3.14. The molecule has 0 bridgehead atoms. The summed E-state index contributed by atoms with van der Waals surface area (Å²) >= 11 is 0. The first-order chi connectivity index (χ1) is 11.2. The van der Waals surface area contributed by atoms with E-state index in [9.17, 15) is 9.18 Å². The Labute approximate surface area is 136 Å². The second-order valence-electron chi connectivity index (χ2n) is 5.18. The lowest BCUT2D eigenvalue weighted by molar-refractivity contribution is 0.0772. The van der Waals surface area contributed by atoms with Gasteiger partial charge < -0.3 is 10.2 Å². The van der Waals surface area contributed by atoms with Crippen LogP contribution >= 0.6 is 0 Å². The number of carbonyl (C=O) groups excluding carboxylic acids is 1. The number of nitrogens with one attached hydrogen (secondary N) is 1. The van der Waals surface area contributed by atoms with E-state index in [4.69, 9.17) is 0 Å². The molecule has 0 fully saturated rings. The first kappa shape index (κ1) is 16.9. The van der Waals surface area contributed by atoms with Crippen LogP contribution in [0.2, 0.25) is 0 Å². The third-order valence-corrected chi connectivity index (χ3v) is 3.72. The fourth-order valence-electron chi connectivity index (χ4n) is 2.34. The maximum Gasteiger partial charge on any atom is 0.255 e. The van der Waals surface area contributed by atoms with Gasteiger partial charge in [-0.15, -0.1) is 0 Å². The minimum atomic E-state index is -0.192. The van der Waals surface area contributed by atoms with Gasteiger partial charge in [-0.05, 0) is 44.0 Å². The Bertz CT molecular complexity index is 639. The van der Waals surface area contributed by atoms with Crippen molar-refractivity contribution in [2.45, 2.75) is 20.3 Å². The number of halogens is 1. The highest BCUT2D eigenvalue weighted by molar-refractivity contribution is 5.94. The zero-order valence-electron chi connectivity index (χ0n) is 13.6. The number of aromatic nitrogens is 1. The second-order valence-corrected chi connectivity index (χ2v) is 5.18. The number of amides is 1. The molecule has 0 spiro atoms. The summed E-state index contributed by atoms with van der Waals surface area (Å²) in [4.78, 5) is 18.2. The monoisotopic (exact) mass is 315 g/mol. The van der Waals surface area contributed by atoms with E-state index in [2.05, 4.69) is 10.3 Å². The third-order valence-electron chi connectivity index (χ3n) is 3.72. The number of carbonyl (C=O) groups is 1. The molecule has 0 aliphatic rings. The Morgan fingerprint density at radius 1 is 1.17 bits per heavy atom. The average Bonchev–Trinajstić information content (AvgIpc) is 2.58. The Morgan fingerprint density at radius 3 is 2.52 bits per heavy atom. The number of benzene rings is 1. The van der Waals surface area contributed by atoms with Gasteiger partial charge in [0.05, 0.1) is 5.56 Å². The highest BCUT2D eigenvalue weighted by atomic mass is 19.1. The second kappa shape index (κ2) is 8.27. The molecular weight excluding hydrogens is 293 g/mol. The van der Waals surface area contributed by atoms with Crippen LogP contribution in [0.5, 0.6) is 0 Å². The molecule has 122 valence electrons. The van der Waals surface area contributed by atoms with Crippen LogP contribution in [0.1, 0.15) is 29.8 Å². The lowest BCUT2D eigenvalue weighted by Gasteiger charge is -2.18. The van der Waals surface area contributed by atoms with E-state index in [0.717, 1.165) is 0 Å². The smallest absolute Gasteiger partial charge is 0.255 e. The van der Waals surface area contributed by atoms with Crippen molar-refractivity contribution in [3.8, 4) is 0 Å². The summed E-state index contributed by atoms with van der Waals surface area (Å²) < 4.78 is 13.5. The first-order valence-electron chi connectivity index (χ1n) is 7.88. The topological polar surface area (TPSA) is 45.2 Å². The maximum absolute atomic E-state index is 13.5. The Morgan fingerprint density at radius 2 is 1.91 bits per heavy atom. The van der Waals surface area contributed by atoms with Gasteiger partial charge in [0.2, 0.25) is 0 Å². The number of nitrogens with zero attached hydrogens (tertiary/aromatic N) is 2. The molecule has 0 aliphatic heterocycles. The van der Waals surface area contributed by atoms with Crippen LogP contribution in [0, 0.1) is 5.82 Å². The lowest BCUT2D eigenvalue weighted by Crippen LogP contribution is -2.30. The van der Waals surface area contributed by atoms with Gasteiger partial charge in [-0.2, -0.15) is 0 Å². The van der Waals surface area contributed by atoms with Crippen LogP contribution in [-0.2, 0) is 6.42 Å². The summed E-state index contributed by atoms with van der Waals surface area (Å²) in [7, 11) is 0. The minimum absolute atomic E-state index is 0.0135. The average molecular weight is 315 g/mol. The van der Waals surface area contributed by atoms with E-state index in [-0.39, 0.29) is 11.7 Å². The summed E-state index contributed by atoms with van der Waals surface area (Å²) in [6.45, 7) is 5.84. The SMILES string of the molecule is CCN(CC)C(=O)c1ccc(NCCc2ccccc2F)nc1. The van der Waals surface area contributed by atoms with Crippen LogP contribution < -0.4 is 5.32 Å². The summed E-state index contributed by atoms with van der Waals surface area (Å²) in [5.74, 6) is 0.472. The predicted octanol–water partition coefficient (Wildman–Crippen LogP) is 3.36. The molecule has 2 aromatic rings. The number of rotatable bonds is 7. The van der Waals surface area contributed by atoms with E-state index >= 15 is 0 Å². The normalized spacial score (nSPS) is 10.4. The Hall–Kier alpha value is -2.43. The van der Waals surface area contributed by atoms with E-state index < -0.39 is 0 Å². The van der Waals surface area contributed by atoms with Gasteiger partial charge in [0, 0.05) is 25.8 Å². The first-order valence-corrected chi connectivity index (χ1v) is 7.88. The number of pyridine rings is 1. The highest BCUT2D eigenvalue weighted by Crippen LogP contribution is 2.10. The molecule has 0 radical (unpaired) electrons.